The fourth-order valence-corrected chi connectivity index (χ4v) is 3.72. The van der Waals surface area contributed by atoms with Gasteiger partial charge >= 0.3 is 0 Å². The second-order valence-corrected chi connectivity index (χ2v) is 6.98. The molecule has 0 saturated carbocycles. The highest BCUT2D eigenvalue weighted by Gasteiger charge is 2.34. The molecule has 0 saturated heterocycles. The van der Waals surface area contributed by atoms with Crippen molar-refractivity contribution in [1.29, 1.82) is 0 Å². The Morgan fingerprint density at radius 2 is 1.97 bits per heavy atom. The number of fused-ring (bicyclic) bond motifs is 2. The van der Waals surface area contributed by atoms with E-state index in [1.807, 2.05) is 42.5 Å². The summed E-state index contributed by atoms with van der Waals surface area (Å²) in [6, 6.07) is 12.4. The first-order chi connectivity index (χ1) is 14.5. The van der Waals surface area contributed by atoms with Crippen molar-refractivity contribution < 1.29 is 19.0 Å². The number of hydrogen-bond acceptors (Lipinski definition) is 7. The number of anilines is 1. The van der Waals surface area contributed by atoms with E-state index in [2.05, 4.69) is 15.4 Å². The Kier molecular flexibility index (Phi) is 4.09. The molecule has 2 aliphatic heterocycles. The standard InChI is InChI=1S/C21H19N5O4/c1-11-17(19(22)27)18(13-5-8-15-16(9-13)30-10-29-15)26-21(23-11)24-20(25-26)12-3-6-14(28-2)7-4-12/h3-9,18H,10H2,1-2H3,(H2,22,27)(H,23,24,25)/t18-/m1/s1. The lowest BCUT2D eigenvalue weighted by Gasteiger charge is -2.27. The van der Waals surface area contributed by atoms with Gasteiger partial charge in [0.2, 0.25) is 18.6 Å². The van der Waals surface area contributed by atoms with Crippen LogP contribution in [0.5, 0.6) is 17.2 Å². The van der Waals surface area contributed by atoms with Crippen molar-refractivity contribution in [2.24, 2.45) is 5.73 Å². The Hall–Kier alpha value is -4.01. The van der Waals surface area contributed by atoms with Crippen LogP contribution in [0.2, 0.25) is 0 Å². The number of nitrogens with one attached hydrogen (secondary N) is 1. The van der Waals surface area contributed by atoms with E-state index in [-0.39, 0.29) is 6.79 Å². The lowest BCUT2D eigenvalue weighted by Crippen LogP contribution is -2.31. The summed E-state index contributed by atoms with van der Waals surface area (Å²) in [7, 11) is 1.61. The highest BCUT2D eigenvalue weighted by molar-refractivity contribution is 5.95. The Balaban J connectivity index is 1.63. The quantitative estimate of drug-likeness (QED) is 0.685. The van der Waals surface area contributed by atoms with Gasteiger partial charge in [0.25, 0.3) is 0 Å². The highest BCUT2D eigenvalue weighted by atomic mass is 16.7. The minimum atomic E-state index is -0.548. The summed E-state index contributed by atoms with van der Waals surface area (Å²) < 4.78 is 17.8. The summed E-state index contributed by atoms with van der Waals surface area (Å²) in [5.41, 5.74) is 8.39. The van der Waals surface area contributed by atoms with Crippen molar-refractivity contribution in [1.82, 2.24) is 14.8 Å². The minimum absolute atomic E-state index is 0.165. The molecule has 2 aromatic carbocycles. The lowest BCUT2D eigenvalue weighted by atomic mass is 9.95. The SMILES string of the molecule is COc1ccc(-c2nc3n(n2)[C@H](c2ccc4c(c2)OCO4)C(C(N)=O)=C(C)N3)cc1. The Morgan fingerprint density at radius 3 is 2.70 bits per heavy atom. The topological polar surface area (TPSA) is 114 Å². The number of rotatable bonds is 4. The summed E-state index contributed by atoms with van der Waals surface area (Å²) in [6.45, 7) is 1.96. The molecular formula is C21H19N5O4. The van der Waals surface area contributed by atoms with Gasteiger partial charge in [-0.3, -0.25) is 4.79 Å². The predicted molar refractivity (Wildman–Crippen MR) is 108 cm³/mol. The molecule has 3 aromatic rings. The molecule has 5 rings (SSSR count). The Labute approximate surface area is 172 Å². The smallest absolute Gasteiger partial charge is 0.248 e. The Bertz CT molecular complexity index is 1180. The molecule has 152 valence electrons. The largest absolute Gasteiger partial charge is 0.497 e. The predicted octanol–water partition coefficient (Wildman–Crippen LogP) is 2.46. The maximum Gasteiger partial charge on any atom is 0.248 e. The third-order valence-corrected chi connectivity index (χ3v) is 5.18. The maximum atomic E-state index is 12.3. The van der Waals surface area contributed by atoms with Crippen LogP contribution in [0.3, 0.4) is 0 Å². The van der Waals surface area contributed by atoms with Gasteiger partial charge in [0.15, 0.2) is 17.3 Å². The molecule has 0 radical (unpaired) electrons. The van der Waals surface area contributed by atoms with Gasteiger partial charge in [-0.25, -0.2) is 4.68 Å². The summed E-state index contributed by atoms with van der Waals surface area (Å²) >= 11 is 0. The summed E-state index contributed by atoms with van der Waals surface area (Å²) in [6.07, 6.45) is 0. The van der Waals surface area contributed by atoms with Crippen molar-refractivity contribution in [3.05, 3.63) is 59.3 Å². The zero-order valence-electron chi connectivity index (χ0n) is 16.4. The highest BCUT2D eigenvalue weighted by Crippen LogP contribution is 2.40. The fourth-order valence-electron chi connectivity index (χ4n) is 3.72. The number of aromatic nitrogens is 3. The van der Waals surface area contributed by atoms with Crippen molar-refractivity contribution in [3.8, 4) is 28.6 Å². The normalized spacial score (nSPS) is 16.8. The van der Waals surface area contributed by atoms with Crippen LogP contribution in [0.25, 0.3) is 11.4 Å². The molecule has 9 nitrogen and oxygen atoms in total. The number of allylic oxidation sites excluding steroid dienone is 1. The van der Waals surface area contributed by atoms with E-state index in [9.17, 15) is 4.79 Å². The zero-order chi connectivity index (χ0) is 20.8. The summed E-state index contributed by atoms with van der Waals surface area (Å²) in [4.78, 5) is 17.0. The van der Waals surface area contributed by atoms with Crippen LogP contribution < -0.4 is 25.3 Å². The van der Waals surface area contributed by atoms with Gasteiger partial charge in [-0.1, -0.05) is 6.07 Å². The van der Waals surface area contributed by atoms with Gasteiger partial charge in [0.1, 0.15) is 11.8 Å². The molecule has 1 atom stereocenters. The molecule has 0 unspecified atom stereocenters. The Morgan fingerprint density at radius 1 is 1.20 bits per heavy atom. The third-order valence-electron chi connectivity index (χ3n) is 5.18. The second-order valence-electron chi connectivity index (χ2n) is 6.98. The van der Waals surface area contributed by atoms with E-state index >= 15 is 0 Å². The fraction of sp³-hybridized carbons (Fsp3) is 0.190. The van der Waals surface area contributed by atoms with Gasteiger partial charge in [-0.05, 0) is 48.9 Å². The third kappa shape index (κ3) is 2.83. The molecule has 30 heavy (non-hydrogen) atoms. The molecule has 2 aliphatic rings. The van der Waals surface area contributed by atoms with E-state index in [1.54, 1.807) is 18.7 Å². The van der Waals surface area contributed by atoms with Crippen LogP contribution in [0, 0.1) is 0 Å². The number of methoxy groups -OCH3 is 1. The molecule has 1 amide bonds. The van der Waals surface area contributed by atoms with E-state index in [1.165, 1.54) is 0 Å². The average molecular weight is 405 g/mol. The van der Waals surface area contributed by atoms with Gasteiger partial charge in [-0.2, -0.15) is 4.98 Å². The molecule has 0 spiro atoms. The number of benzene rings is 2. The first-order valence-corrected chi connectivity index (χ1v) is 9.33. The number of amides is 1. The summed E-state index contributed by atoms with van der Waals surface area (Å²) in [5, 5.41) is 7.83. The number of carbonyl (C=O) groups excluding carboxylic acids is 1. The van der Waals surface area contributed by atoms with Crippen LogP contribution >= 0.6 is 0 Å². The number of ether oxygens (including phenoxy) is 3. The maximum absolute atomic E-state index is 12.3. The zero-order valence-corrected chi connectivity index (χ0v) is 16.4. The lowest BCUT2D eigenvalue weighted by molar-refractivity contribution is -0.115. The van der Waals surface area contributed by atoms with Crippen molar-refractivity contribution >= 4 is 11.9 Å². The number of nitrogens with zero attached hydrogens (tertiary/aromatic N) is 3. The number of carbonyl (C=O) groups is 1. The number of primary amides is 1. The number of nitrogens with two attached hydrogens (primary N) is 1. The molecular weight excluding hydrogens is 386 g/mol. The van der Waals surface area contributed by atoms with E-state index in [0.717, 1.165) is 16.9 Å². The minimum Gasteiger partial charge on any atom is -0.497 e. The monoisotopic (exact) mass is 405 g/mol. The molecule has 0 fully saturated rings. The van der Waals surface area contributed by atoms with Gasteiger partial charge in [0, 0.05) is 11.3 Å². The first-order valence-electron chi connectivity index (χ1n) is 9.33. The second kappa shape index (κ2) is 6.80. The first kappa shape index (κ1) is 18.0. The van der Waals surface area contributed by atoms with Crippen molar-refractivity contribution in [3.63, 3.8) is 0 Å². The molecule has 1 aromatic heterocycles. The van der Waals surface area contributed by atoms with Gasteiger partial charge in [0.05, 0.1) is 12.7 Å². The van der Waals surface area contributed by atoms with Crippen LogP contribution in [0.15, 0.2) is 53.7 Å². The van der Waals surface area contributed by atoms with Crippen LogP contribution in [-0.4, -0.2) is 34.6 Å². The van der Waals surface area contributed by atoms with Crippen LogP contribution in [0.1, 0.15) is 18.5 Å². The van der Waals surface area contributed by atoms with Crippen LogP contribution in [0.4, 0.5) is 5.95 Å². The number of hydrogen-bond donors (Lipinski definition) is 2. The van der Waals surface area contributed by atoms with Gasteiger partial charge in [-0.15, -0.1) is 5.10 Å². The van der Waals surface area contributed by atoms with E-state index in [0.29, 0.717) is 34.5 Å². The van der Waals surface area contributed by atoms with E-state index in [4.69, 9.17) is 19.9 Å². The molecule has 0 bridgehead atoms. The molecule has 3 heterocycles. The van der Waals surface area contributed by atoms with Crippen molar-refractivity contribution in [2.45, 2.75) is 13.0 Å². The van der Waals surface area contributed by atoms with E-state index < -0.39 is 11.9 Å². The molecule has 0 aliphatic carbocycles. The van der Waals surface area contributed by atoms with Crippen LogP contribution in [-0.2, 0) is 4.79 Å². The summed E-state index contributed by atoms with van der Waals surface area (Å²) in [5.74, 6) is 2.52. The molecule has 9 heteroatoms. The average Bonchev–Trinajstić information content (AvgIpc) is 3.38. The van der Waals surface area contributed by atoms with Crippen molar-refractivity contribution in [2.75, 3.05) is 19.2 Å². The molecule has 3 N–H and O–H groups in total. The van der Waals surface area contributed by atoms with Gasteiger partial charge < -0.3 is 25.3 Å².